The number of benzene rings is 2. The molecule has 0 radical (unpaired) electrons. The Balaban J connectivity index is 1.36. The third kappa shape index (κ3) is 6.10. The van der Waals surface area contributed by atoms with Crippen LogP contribution < -0.4 is 14.9 Å². The number of aryl methyl sites for hydroxylation is 2. The fourth-order valence-corrected chi connectivity index (χ4v) is 4.41. The number of ether oxygens (including phenoxy) is 3. The van der Waals surface area contributed by atoms with Crippen molar-refractivity contribution in [3.63, 3.8) is 0 Å². The van der Waals surface area contributed by atoms with Crippen molar-refractivity contribution in [2.75, 3.05) is 19.1 Å². The van der Waals surface area contributed by atoms with Crippen LogP contribution in [0.4, 0.5) is 5.13 Å². The number of esters is 1. The van der Waals surface area contributed by atoms with Gasteiger partial charge in [0.2, 0.25) is 5.13 Å². The monoisotopic (exact) mass is 465 g/mol. The average molecular weight is 466 g/mol. The average Bonchev–Trinajstić information content (AvgIpc) is 3.47. The van der Waals surface area contributed by atoms with Crippen molar-refractivity contribution in [2.45, 2.75) is 39.2 Å². The van der Waals surface area contributed by atoms with E-state index in [1.165, 1.54) is 28.9 Å². The zero-order valence-corrected chi connectivity index (χ0v) is 19.6. The Labute approximate surface area is 197 Å². The number of anilines is 1. The van der Waals surface area contributed by atoms with Gasteiger partial charge in [-0.3, -0.25) is 10.2 Å². The van der Waals surface area contributed by atoms with Gasteiger partial charge in [-0.15, -0.1) is 11.3 Å². The number of aromatic nitrogens is 1. The molecule has 0 aliphatic heterocycles. The highest BCUT2D eigenvalue weighted by Gasteiger charge is 2.12. The molecule has 1 heterocycles. The molecule has 3 aromatic rings. The number of nitrogens with zero attached hydrogens (tertiary/aromatic N) is 2. The molecule has 7 nitrogen and oxygen atoms in total. The predicted molar refractivity (Wildman–Crippen MR) is 129 cm³/mol. The van der Waals surface area contributed by atoms with E-state index < -0.39 is 0 Å². The lowest BCUT2D eigenvalue weighted by Gasteiger charge is -2.12. The lowest BCUT2D eigenvalue weighted by atomic mass is 10.1. The molecule has 0 amide bonds. The van der Waals surface area contributed by atoms with Crippen molar-refractivity contribution in [1.29, 1.82) is 0 Å². The van der Waals surface area contributed by atoms with Crippen LogP contribution in [0.15, 0.2) is 46.9 Å². The van der Waals surface area contributed by atoms with Gasteiger partial charge in [0.25, 0.3) is 0 Å². The fraction of sp³-hybridized carbons (Fsp3) is 0.320. The quantitative estimate of drug-likeness (QED) is 0.264. The molecule has 1 aliphatic rings. The molecule has 1 N–H and O–H groups in total. The van der Waals surface area contributed by atoms with Gasteiger partial charge in [-0.2, -0.15) is 5.10 Å². The molecule has 2 aromatic carbocycles. The summed E-state index contributed by atoms with van der Waals surface area (Å²) in [5.74, 6) is 1.36. The number of hydrazone groups is 1. The lowest BCUT2D eigenvalue weighted by molar-refractivity contribution is -0.142. The third-order valence-corrected chi connectivity index (χ3v) is 6.12. The molecule has 0 spiro atoms. The molecular formula is C25H27N3O4S. The van der Waals surface area contributed by atoms with E-state index in [1.54, 1.807) is 20.2 Å². The highest BCUT2D eigenvalue weighted by molar-refractivity contribution is 7.13. The second-order valence-electron chi connectivity index (χ2n) is 7.64. The second-order valence-corrected chi connectivity index (χ2v) is 8.50. The van der Waals surface area contributed by atoms with Crippen molar-refractivity contribution in [2.24, 2.45) is 5.10 Å². The summed E-state index contributed by atoms with van der Waals surface area (Å²) < 4.78 is 16.5. The fourth-order valence-electron chi connectivity index (χ4n) is 3.75. The Morgan fingerprint density at radius 1 is 1.21 bits per heavy atom. The molecule has 0 saturated heterocycles. The molecule has 172 valence electrons. The first-order valence-electron chi connectivity index (χ1n) is 10.9. The molecule has 0 saturated carbocycles. The molecule has 4 rings (SSSR count). The van der Waals surface area contributed by atoms with Crippen molar-refractivity contribution in [3.8, 4) is 11.5 Å². The zero-order valence-electron chi connectivity index (χ0n) is 18.8. The van der Waals surface area contributed by atoms with E-state index in [9.17, 15) is 4.79 Å². The SMILES string of the molecule is CCOC(=O)Cc1csc(NN=Cc2ccc(OC)c(COc3ccc4c(c3)CCC4)c2)n1. The summed E-state index contributed by atoms with van der Waals surface area (Å²) in [7, 11) is 1.65. The van der Waals surface area contributed by atoms with Gasteiger partial charge in [0.05, 0.1) is 32.0 Å². The number of hydrogen-bond donors (Lipinski definition) is 1. The van der Waals surface area contributed by atoms with Gasteiger partial charge >= 0.3 is 5.97 Å². The van der Waals surface area contributed by atoms with Crippen LogP contribution in [-0.4, -0.2) is 30.9 Å². The van der Waals surface area contributed by atoms with E-state index in [-0.39, 0.29) is 12.4 Å². The number of hydrogen-bond acceptors (Lipinski definition) is 8. The topological polar surface area (TPSA) is 82.0 Å². The molecule has 33 heavy (non-hydrogen) atoms. The molecule has 0 atom stereocenters. The van der Waals surface area contributed by atoms with Crippen LogP contribution >= 0.6 is 11.3 Å². The standard InChI is InChI=1S/C25H27N3O4S/c1-3-31-24(29)13-21-16-33-25(27-21)28-26-14-17-7-10-23(30-2)20(11-17)15-32-22-9-8-18-5-4-6-19(18)12-22/h7-12,14,16H,3-6,13,15H2,1-2H3,(H,27,28). The summed E-state index contributed by atoms with van der Waals surface area (Å²) in [5, 5.41) is 6.70. The van der Waals surface area contributed by atoms with Crippen LogP contribution in [0.25, 0.3) is 0 Å². The van der Waals surface area contributed by atoms with Gasteiger partial charge in [0, 0.05) is 10.9 Å². The Bertz CT molecular complexity index is 1140. The van der Waals surface area contributed by atoms with Crippen LogP contribution in [-0.2, 0) is 35.4 Å². The minimum atomic E-state index is -0.286. The maximum Gasteiger partial charge on any atom is 0.311 e. The zero-order chi connectivity index (χ0) is 23.0. The maximum absolute atomic E-state index is 11.6. The molecule has 0 fully saturated rings. The summed E-state index contributed by atoms with van der Waals surface area (Å²) in [5.41, 5.74) is 8.23. The first-order chi connectivity index (χ1) is 16.1. The van der Waals surface area contributed by atoms with Crippen LogP contribution in [0.3, 0.4) is 0 Å². The summed E-state index contributed by atoms with van der Waals surface area (Å²) in [4.78, 5) is 15.9. The number of rotatable bonds is 10. The van der Waals surface area contributed by atoms with E-state index in [0.29, 0.717) is 24.0 Å². The van der Waals surface area contributed by atoms with Gasteiger partial charge in [-0.25, -0.2) is 4.98 Å². The number of fused-ring (bicyclic) bond motifs is 1. The molecular weight excluding hydrogens is 438 g/mol. The van der Waals surface area contributed by atoms with Gasteiger partial charge in [0.1, 0.15) is 18.1 Å². The number of methoxy groups -OCH3 is 1. The van der Waals surface area contributed by atoms with Crippen molar-refractivity contribution in [3.05, 3.63) is 69.7 Å². The minimum absolute atomic E-state index is 0.155. The summed E-state index contributed by atoms with van der Waals surface area (Å²) >= 11 is 1.38. The van der Waals surface area contributed by atoms with E-state index >= 15 is 0 Å². The molecule has 0 bridgehead atoms. The first-order valence-corrected chi connectivity index (χ1v) is 11.8. The number of nitrogens with one attached hydrogen (secondary N) is 1. The Kier molecular flexibility index (Phi) is 7.57. The van der Waals surface area contributed by atoms with E-state index in [0.717, 1.165) is 35.5 Å². The number of carbonyl (C=O) groups excluding carboxylic acids is 1. The smallest absolute Gasteiger partial charge is 0.311 e. The first kappa shape index (κ1) is 22.8. The number of thiazole rings is 1. The van der Waals surface area contributed by atoms with Crippen molar-refractivity contribution in [1.82, 2.24) is 4.98 Å². The Morgan fingerprint density at radius 2 is 2.09 bits per heavy atom. The lowest BCUT2D eigenvalue weighted by Crippen LogP contribution is -2.07. The van der Waals surface area contributed by atoms with Crippen molar-refractivity contribution < 1.29 is 19.0 Å². The maximum atomic E-state index is 11.6. The van der Waals surface area contributed by atoms with Crippen LogP contribution in [0.2, 0.25) is 0 Å². The van der Waals surface area contributed by atoms with Gasteiger partial charge < -0.3 is 14.2 Å². The summed E-state index contributed by atoms with van der Waals surface area (Å²) in [6.07, 6.45) is 5.37. The van der Waals surface area contributed by atoms with Gasteiger partial charge in [-0.1, -0.05) is 6.07 Å². The van der Waals surface area contributed by atoms with E-state index in [4.69, 9.17) is 14.2 Å². The highest BCUT2D eigenvalue weighted by Crippen LogP contribution is 2.27. The highest BCUT2D eigenvalue weighted by atomic mass is 32.1. The largest absolute Gasteiger partial charge is 0.496 e. The molecule has 1 aliphatic carbocycles. The van der Waals surface area contributed by atoms with E-state index in [1.807, 2.05) is 29.6 Å². The molecule has 8 heteroatoms. The van der Waals surface area contributed by atoms with Crippen LogP contribution in [0.5, 0.6) is 11.5 Å². The van der Waals surface area contributed by atoms with Gasteiger partial charge in [0.15, 0.2) is 0 Å². The van der Waals surface area contributed by atoms with Gasteiger partial charge in [-0.05, 0) is 73.2 Å². The molecule has 1 aromatic heterocycles. The normalized spacial score (nSPS) is 12.5. The second kappa shape index (κ2) is 11.0. The summed E-state index contributed by atoms with van der Waals surface area (Å²) in [6.45, 7) is 2.55. The summed E-state index contributed by atoms with van der Waals surface area (Å²) in [6, 6.07) is 12.2. The molecule has 0 unspecified atom stereocenters. The van der Waals surface area contributed by atoms with E-state index in [2.05, 4.69) is 27.6 Å². The van der Waals surface area contributed by atoms with Crippen LogP contribution in [0.1, 0.15) is 41.3 Å². The third-order valence-electron chi connectivity index (χ3n) is 5.33. The number of carbonyl (C=O) groups is 1. The Morgan fingerprint density at radius 3 is 2.94 bits per heavy atom. The van der Waals surface area contributed by atoms with Crippen molar-refractivity contribution >= 4 is 28.7 Å². The predicted octanol–water partition coefficient (Wildman–Crippen LogP) is 4.77. The van der Waals surface area contributed by atoms with Crippen LogP contribution in [0, 0.1) is 0 Å². The minimum Gasteiger partial charge on any atom is -0.496 e. The Hall–Kier alpha value is -3.39.